The summed E-state index contributed by atoms with van der Waals surface area (Å²) in [6.45, 7) is 4.00. The first-order chi connectivity index (χ1) is 8.20. The zero-order valence-electron chi connectivity index (χ0n) is 10.1. The lowest BCUT2D eigenvalue weighted by atomic mass is 10.1. The molecule has 0 saturated carbocycles. The van der Waals surface area contributed by atoms with Gasteiger partial charge in [-0.2, -0.15) is 0 Å². The standard InChI is InChI=1S/C15H16OP/c1-12(2)17(16)15-11-7-6-10-14(15)13-8-4-3-5-9-13/h3-12H,1-2H3/q+1. The summed E-state index contributed by atoms with van der Waals surface area (Å²) in [6.07, 6.45) is 0. The van der Waals surface area contributed by atoms with Gasteiger partial charge in [-0.3, -0.25) is 0 Å². The third-order valence-corrected chi connectivity index (χ3v) is 4.50. The van der Waals surface area contributed by atoms with Crippen molar-refractivity contribution >= 4 is 13.1 Å². The number of benzene rings is 2. The minimum Gasteiger partial charge on any atom is -0.0678 e. The van der Waals surface area contributed by atoms with E-state index >= 15 is 0 Å². The Balaban J connectivity index is 2.52. The molecule has 0 aliphatic carbocycles. The monoisotopic (exact) mass is 243 g/mol. The van der Waals surface area contributed by atoms with Crippen molar-refractivity contribution in [3.05, 3.63) is 54.6 Å². The van der Waals surface area contributed by atoms with E-state index < -0.39 is 7.80 Å². The Morgan fingerprint density at radius 2 is 1.47 bits per heavy atom. The van der Waals surface area contributed by atoms with Gasteiger partial charge in [-0.25, -0.2) is 0 Å². The Kier molecular flexibility index (Phi) is 3.71. The predicted molar refractivity (Wildman–Crippen MR) is 74.3 cm³/mol. The lowest BCUT2D eigenvalue weighted by Gasteiger charge is -2.02. The molecule has 86 valence electrons. The molecule has 17 heavy (non-hydrogen) atoms. The molecule has 1 nitrogen and oxygen atoms in total. The fourth-order valence-electron chi connectivity index (χ4n) is 1.81. The summed E-state index contributed by atoms with van der Waals surface area (Å²) < 4.78 is 12.3. The lowest BCUT2D eigenvalue weighted by molar-refractivity contribution is 0.588. The highest BCUT2D eigenvalue weighted by molar-refractivity contribution is 7.54. The molecule has 0 fully saturated rings. The molecule has 1 atom stereocenters. The van der Waals surface area contributed by atoms with E-state index in [1.54, 1.807) is 0 Å². The van der Waals surface area contributed by atoms with E-state index in [4.69, 9.17) is 0 Å². The second-order valence-electron chi connectivity index (χ2n) is 4.30. The highest BCUT2D eigenvalue weighted by Gasteiger charge is 2.27. The normalized spacial score (nSPS) is 11.6. The molecular weight excluding hydrogens is 227 g/mol. The molecule has 0 amide bonds. The highest BCUT2D eigenvalue weighted by atomic mass is 31.1. The molecule has 0 radical (unpaired) electrons. The van der Waals surface area contributed by atoms with Crippen LogP contribution >= 0.6 is 7.80 Å². The van der Waals surface area contributed by atoms with Gasteiger partial charge in [0.25, 0.3) is 0 Å². The van der Waals surface area contributed by atoms with E-state index in [0.29, 0.717) is 0 Å². The molecule has 0 N–H and O–H groups in total. The summed E-state index contributed by atoms with van der Waals surface area (Å²) in [5.74, 6) is 0. The Morgan fingerprint density at radius 3 is 2.12 bits per heavy atom. The van der Waals surface area contributed by atoms with Crippen molar-refractivity contribution in [3.63, 3.8) is 0 Å². The maximum absolute atomic E-state index is 12.3. The quantitative estimate of drug-likeness (QED) is 0.738. The van der Waals surface area contributed by atoms with Gasteiger partial charge in [0.1, 0.15) is 0 Å². The van der Waals surface area contributed by atoms with Crippen LogP contribution in [0.25, 0.3) is 11.1 Å². The Labute approximate surface area is 103 Å². The van der Waals surface area contributed by atoms with E-state index in [9.17, 15) is 4.57 Å². The molecule has 0 heterocycles. The van der Waals surface area contributed by atoms with Gasteiger partial charge in [-0.15, -0.1) is 0 Å². The van der Waals surface area contributed by atoms with Gasteiger partial charge in [-0.05, 0) is 31.5 Å². The van der Waals surface area contributed by atoms with Gasteiger partial charge in [-0.1, -0.05) is 47.0 Å². The van der Waals surface area contributed by atoms with Gasteiger partial charge in [0.15, 0.2) is 11.0 Å². The van der Waals surface area contributed by atoms with Gasteiger partial charge in [0.05, 0.1) is 0 Å². The SMILES string of the molecule is CC(C)[P+](=O)c1ccccc1-c1ccccc1. The van der Waals surface area contributed by atoms with E-state index in [1.807, 2.05) is 56.3 Å². The summed E-state index contributed by atoms with van der Waals surface area (Å²) in [6, 6.07) is 18.1. The molecule has 0 bridgehead atoms. The van der Waals surface area contributed by atoms with Crippen molar-refractivity contribution in [2.24, 2.45) is 0 Å². The van der Waals surface area contributed by atoms with Crippen molar-refractivity contribution < 1.29 is 4.57 Å². The van der Waals surface area contributed by atoms with Gasteiger partial charge in [0, 0.05) is 5.56 Å². The minimum absolute atomic E-state index is 0.176. The summed E-state index contributed by atoms with van der Waals surface area (Å²) in [4.78, 5) is 0. The summed E-state index contributed by atoms with van der Waals surface area (Å²) in [5, 5.41) is 0.962. The highest BCUT2D eigenvalue weighted by Crippen LogP contribution is 2.31. The molecule has 0 saturated heterocycles. The molecule has 2 rings (SSSR count). The number of hydrogen-bond donors (Lipinski definition) is 0. The summed E-state index contributed by atoms with van der Waals surface area (Å²) in [5.41, 5.74) is 2.39. The van der Waals surface area contributed by atoms with Crippen LogP contribution in [-0.4, -0.2) is 5.66 Å². The molecule has 0 aliphatic rings. The second kappa shape index (κ2) is 5.25. The summed E-state index contributed by atoms with van der Waals surface area (Å²) in [7, 11) is -1.33. The van der Waals surface area contributed by atoms with Crippen LogP contribution in [0.4, 0.5) is 0 Å². The van der Waals surface area contributed by atoms with Crippen LogP contribution < -0.4 is 5.30 Å². The predicted octanol–water partition coefficient (Wildman–Crippen LogP) is 4.21. The van der Waals surface area contributed by atoms with Gasteiger partial charge in [0.2, 0.25) is 0 Å². The largest absolute Gasteiger partial charge is 0.380 e. The lowest BCUT2D eigenvalue weighted by Crippen LogP contribution is -2.06. The van der Waals surface area contributed by atoms with Crippen LogP contribution in [0.5, 0.6) is 0 Å². The summed E-state index contributed by atoms with van der Waals surface area (Å²) >= 11 is 0. The van der Waals surface area contributed by atoms with Gasteiger partial charge >= 0.3 is 7.80 Å². The maximum Gasteiger partial charge on any atom is 0.380 e. The average Bonchev–Trinajstić information content (AvgIpc) is 2.39. The van der Waals surface area contributed by atoms with Crippen molar-refractivity contribution in [2.75, 3.05) is 0 Å². The first kappa shape index (κ1) is 12.0. The van der Waals surface area contributed by atoms with Crippen LogP contribution in [0.2, 0.25) is 0 Å². The van der Waals surface area contributed by atoms with Crippen LogP contribution in [-0.2, 0) is 4.57 Å². The smallest absolute Gasteiger partial charge is 0.0678 e. The second-order valence-corrected chi connectivity index (χ2v) is 6.47. The van der Waals surface area contributed by atoms with Crippen LogP contribution in [0.15, 0.2) is 54.6 Å². The van der Waals surface area contributed by atoms with Crippen LogP contribution in [0, 0.1) is 0 Å². The molecule has 0 spiro atoms. The molecule has 0 aromatic heterocycles. The van der Waals surface area contributed by atoms with Gasteiger partial charge < -0.3 is 0 Å². The Morgan fingerprint density at radius 1 is 0.882 bits per heavy atom. The van der Waals surface area contributed by atoms with Crippen LogP contribution in [0.1, 0.15) is 13.8 Å². The third-order valence-electron chi connectivity index (χ3n) is 2.70. The first-order valence-corrected chi connectivity index (χ1v) is 7.14. The fourth-order valence-corrected chi connectivity index (χ4v) is 3.04. The van der Waals surface area contributed by atoms with Crippen molar-refractivity contribution in [3.8, 4) is 11.1 Å². The molecular formula is C15H16OP+. The molecule has 2 aromatic carbocycles. The Bertz CT molecular complexity index is 517. The van der Waals surface area contributed by atoms with Crippen LogP contribution in [0.3, 0.4) is 0 Å². The van der Waals surface area contributed by atoms with Crippen molar-refractivity contribution in [1.29, 1.82) is 0 Å². The number of rotatable bonds is 3. The maximum atomic E-state index is 12.3. The zero-order valence-corrected chi connectivity index (χ0v) is 11.0. The van der Waals surface area contributed by atoms with Crippen molar-refractivity contribution in [2.45, 2.75) is 19.5 Å². The van der Waals surface area contributed by atoms with E-state index in [2.05, 4.69) is 12.1 Å². The fraction of sp³-hybridized carbons (Fsp3) is 0.200. The molecule has 1 unspecified atom stereocenters. The van der Waals surface area contributed by atoms with E-state index in [-0.39, 0.29) is 5.66 Å². The topological polar surface area (TPSA) is 17.1 Å². The van der Waals surface area contributed by atoms with Crippen molar-refractivity contribution in [1.82, 2.24) is 0 Å². The van der Waals surface area contributed by atoms with E-state index in [0.717, 1.165) is 16.4 Å². The average molecular weight is 243 g/mol. The first-order valence-electron chi connectivity index (χ1n) is 5.81. The Hall–Kier alpha value is -1.46. The molecule has 2 aromatic rings. The molecule has 0 aliphatic heterocycles. The zero-order chi connectivity index (χ0) is 12.3. The third kappa shape index (κ3) is 2.62. The number of hydrogen-bond acceptors (Lipinski definition) is 1. The molecule has 2 heteroatoms. The van der Waals surface area contributed by atoms with E-state index in [1.165, 1.54) is 0 Å². The minimum atomic E-state index is -1.33.